The molecule has 0 bridgehead atoms. The average Bonchev–Trinajstić information content (AvgIpc) is 4.01. The number of phosphoric ester groups is 1. The van der Waals surface area contributed by atoms with Crippen molar-refractivity contribution in [1.29, 1.82) is 0 Å². The molecular formula is C33H47N9O18P2S. The SMILES string of the molecule is C=CCCC(=O)N[C@@H](CCS(C)(=O)=O)C(=O)O[C@H]1[C@@H](O)[C@H](n2cnc3c(N)ncnc32)O[C@@H]1COP(=O)(O)[C@H]1[C@@H](OC2CCCO2)[C@H](n2ccc(N)nc2=O)O[C@@H]1COP(=O)(O)O. The number of rotatable bonds is 20. The van der Waals surface area contributed by atoms with Crippen LogP contribution in [0.1, 0.15) is 44.6 Å². The van der Waals surface area contributed by atoms with Crippen molar-refractivity contribution in [2.45, 2.75) is 93.1 Å². The van der Waals surface area contributed by atoms with Crippen molar-refractivity contribution < 1.29 is 79.7 Å². The molecule has 0 aliphatic carbocycles. The fourth-order valence-corrected chi connectivity index (χ4v) is 9.79. The normalized spacial score (nSPS) is 27.9. The second-order valence-corrected chi connectivity index (χ2v) is 20.2. The molecule has 0 spiro atoms. The molecule has 6 heterocycles. The number of nitrogen functional groups attached to an aromatic ring is 2. The molecule has 3 saturated heterocycles. The monoisotopic (exact) mass is 951 g/mol. The lowest BCUT2D eigenvalue weighted by atomic mass is 10.1. The van der Waals surface area contributed by atoms with Gasteiger partial charge in [0.2, 0.25) is 5.91 Å². The Balaban J connectivity index is 1.33. The number of amides is 1. The number of imidazole rings is 1. The smallest absolute Gasteiger partial charge is 0.455 e. The lowest BCUT2D eigenvalue weighted by Crippen LogP contribution is -2.47. The highest BCUT2D eigenvalue weighted by atomic mass is 32.2. The summed E-state index contributed by atoms with van der Waals surface area (Å²) in [6, 6.07) is -0.347. The van der Waals surface area contributed by atoms with E-state index in [4.69, 9.17) is 39.7 Å². The Morgan fingerprint density at radius 3 is 2.48 bits per heavy atom. The standard InChI is InChI=1S/C33H47N9O18P2S/c1-3-4-6-21(43)39-17(9-12-63(2,52)53)32(45)60-25-18(57-30(24(25)44)42-16-38-23-28(35)36-15-37-29(23)42)13-55-61(47,48)27-19(14-56-62(49,50)51)58-31(26(27)59-22-7-5-11-54-22)41-10-8-20(34)40-33(41)46/h3,8,10,15-19,22,24-27,30-31,44H,1,4-7,9,11-14H2,2H3,(H,39,43)(H,47,48)(H2,34,40,46)(H2,35,36,37)(H2,49,50,51)/t17-,18+,19+,22?,24+,25+,26+,27+,30+,31+/m0/s1. The molecule has 2 unspecified atom stereocenters. The molecule has 3 aromatic heterocycles. The van der Waals surface area contributed by atoms with Crippen molar-refractivity contribution in [2.75, 3.05) is 43.3 Å². The first kappa shape index (κ1) is 48.2. The topological polar surface area (TPSA) is 391 Å². The molecule has 3 aromatic rings. The Bertz CT molecular complexity index is 2410. The van der Waals surface area contributed by atoms with Crippen LogP contribution in [-0.4, -0.2) is 149 Å². The van der Waals surface area contributed by atoms with Crippen LogP contribution < -0.4 is 22.5 Å². The molecule has 0 aromatic carbocycles. The largest absolute Gasteiger partial charge is 0.469 e. The van der Waals surface area contributed by atoms with E-state index < -0.39 is 129 Å². The Labute approximate surface area is 357 Å². The summed E-state index contributed by atoms with van der Waals surface area (Å²) in [4.78, 5) is 86.4. The first-order chi connectivity index (χ1) is 29.7. The summed E-state index contributed by atoms with van der Waals surface area (Å²) in [5.41, 5.74) is 8.88. The van der Waals surface area contributed by atoms with Crippen LogP contribution in [0.4, 0.5) is 11.6 Å². The van der Waals surface area contributed by atoms with Gasteiger partial charge in [0.05, 0.1) is 25.3 Å². The molecule has 9 N–H and O–H groups in total. The fraction of sp³-hybridized carbons (Fsp3) is 0.606. The number of hydrogen-bond donors (Lipinski definition) is 7. The number of phosphoric acid groups is 1. The Hall–Kier alpha value is -4.28. The van der Waals surface area contributed by atoms with Crippen molar-refractivity contribution in [3.63, 3.8) is 0 Å². The third-order valence-corrected chi connectivity index (χ3v) is 13.4. The molecule has 27 nitrogen and oxygen atoms in total. The number of allylic oxidation sites excluding steroid dienone is 1. The van der Waals surface area contributed by atoms with Crippen LogP contribution in [0.3, 0.4) is 0 Å². The molecule has 11 atom stereocenters. The minimum Gasteiger partial charge on any atom is -0.455 e. The van der Waals surface area contributed by atoms with Crippen LogP contribution >= 0.6 is 15.4 Å². The second-order valence-electron chi connectivity index (χ2n) is 14.7. The zero-order chi connectivity index (χ0) is 45.9. The number of hydrogen-bond acceptors (Lipinski definition) is 21. The van der Waals surface area contributed by atoms with Gasteiger partial charge >= 0.3 is 27.1 Å². The summed E-state index contributed by atoms with van der Waals surface area (Å²) in [7, 11) is -14.2. The van der Waals surface area contributed by atoms with Gasteiger partial charge in [-0.2, -0.15) is 4.98 Å². The summed E-state index contributed by atoms with van der Waals surface area (Å²) in [5, 5.41) is 14.2. The van der Waals surface area contributed by atoms with E-state index in [1.54, 1.807) is 0 Å². The van der Waals surface area contributed by atoms with Gasteiger partial charge < -0.3 is 64.8 Å². The number of aliphatic hydroxyl groups is 1. The van der Waals surface area contributed by atoms with Crippen LogP contribution in [0.15, 0.2) is 42.4 Å². The van der Waals surface area contributed by atoms with Crippen molar-refractivity contribution in [3.8, 4) is 0 Å². The summed E-state index contributed by atoms with van der Waals surface area (Å²) in [6.07, 6.45) is -6.50. The lowest BCUT2D eigenvalue weighted by Gasteiger charge is -2.30. The molecule has 348 valence electrons. The number of esters is 1. The third-order valence-electron chi connectivity index (χ3n) is 10.0. The van der Waals surface area contributed by atoms with Gasteiger partial charge in [-0.05, 0) is 25.3 Å². The first-order valence-corrected chi connectivity index (χ1v) is 24.4. The maximum Gasteiger partial charge on any atom is 0.469 e. The quantitative estimate of drug-likeness (QED) is 0.0381. The number of ether oxygens (including phenoxy) is 5. The third kappa shape index (κ3) is 11.9. The highest BCUT2D eigenvalue weighted by molar-refractivity contribution is 7.90. The van der Waals surface area contributed by atoms with E-state index in [0.717, 1.165) is 23.3 Å². The van der Waals surface area contributed by atoms with Crippen molar-refractivity contribution in [3.05, 3.63) is 48.1 Å². The van der Waals surface area contributed by atoms with Gasteiger partial charge in [0, 0.05) is 31.9 Å². The Morgan fingerprint density at radius 2 is 1.81 bits per heavy atom. The average molecular weight is 952 g/mol. The number of fused-ring (bicyclic) bond motifs is 1. The number of anilines is 2. The van der Waals surface area contributed by atoms with E-state index in [2.05, 4.69) is 36.4 Å². The summed E-state index contributed by atoms with van der Waals surface area (Å²) < 4.78 is 92.6. The summed E-state index contributed by atoms with van der Waals surface area (Å²) in [6.45, 7) is 1.78. The highest BCUT2D eigenvalue weighted by Gasteiger charge is 2.58. The zero-order valence-electron chi connectivity index (χ0n) is 33.4. The number of aliphatic hydroxyl groups excluding tert-OH is 1. The van der Waals surface area contributed by atoms with Crippen LogP contribution in [-0.2, 0) is 61.3 Å². The van der Waals surface area contributed by atoms with Crippen LogP contribution in [0, 0.1) is 0 Å². The van der Waals surface area contributed by atoms with E-state index in [9.17, 15) is 51.7 Å². The number of sulfone groups is 1. The predicted octanol–water partition coefficient (Wildman–Crippen LogP) is -1.60. The summed E-state index contributed by atoms with van der Waals surface area (Å²) >= 11 is 0. The van der Waals surface area contributed by atoms with Crippen LogP contribution in [0.25, 0.3) is 11.2 Å². The van der Waals surface area contributed by atoms with Gasteiger partial charge in [0.1, 0.15) is 63.6 Å². The van der Waals surface area contributed by atoms with E-state index in [1.165, 1.54) is 23.0 Å². The van der Waals surface area contributed by atoms with E-state index in [-0.39, 0.29) is 42.2 Å². The molecule has 63 heavy (non-hydrogen) atoms. The van der Waals surface area contributed by atoms with Gasteiger partial charge in [-0.3, -0.25) is 23.0 Å². The second kappa shape index (κ2) is 19.9. The van der Waals surface area contributed by atoms with E-state index in [0.29, 0.717) is 12.8 Å². The fourth-order valence-electron chi connectivity index (χ4n) is 7.09. The van der Waals surface area contributed by atoms with Gasteiger partial charge in [-0.1, -0.05) is 6.08 Å². The Kier molecular flexibility index (Phi) is 15.2. The molecule has 3 aliphatic heterocycles. The molecule has 3 aliphatic rings. The molecular weight excluding hydrogens is 904 g/mol. The molecule has 30 heteroatoms. The number of nitrogens with one attached hydrogen (secondary N) is 1. The minimum absolute atomic E-state index is 0.0395. The highest BCUT2D eigenvalue weighted by Crippen LogP contribution is 2.58. The number of carbonyl (C=O) groups is 2. The molecule has 3 fully saturated rings. The van der Waals surface area contributed by atoms with Crippen molar-refractivity contribution >= 4 is 59.9 Å². The number of nitrogens with two attached hydrogens (primary N) is 2. The van der Waals surface area contributed by atoms with Gasteiger partial charge in [0.25, 0.3) is 0 Å². The van der Waals surface area contributed by atoms with Crippen molar-refractivity contribution in [1.82, 2.24) is 34.4 Å². The van der Waals surface area contributed by atoms with Crippen LogP contribution in [0.2, 0.25) is 0 Å². The lowest BCUT2D eigenvalue weighted by molar-refractivity contribution is -0.170. The van der Waals surface area contributed by atoms with Gasteiger partial charge in [0.15, 0.2) is 36.3 Å². The molecule has 6 rings (SSSR count). The minimum atomic E-state index is -5.30. The summed E-state index contributed by atoms with van der Waals surface area (Å²) in [5.74, 6) is -2.65. The number of carbonyl (C=O) groups excluding carboxylic acids is 2. The van der Waals surface area contributed by atoms with E-state index >= 15 is 0 Å². The molecule has 0 radical (unpaired) electrons. The van der Waals surface area contributed by atoms with E-state index in [1.807, 2.05) is 0 Å². The van der Waals surface area contributed by atoms with Crippen molar-refractivity contribution in [2.24, 2.45) is 0 Å². The maximum atomic E-state index is 14.6. The molecule has 0 saturated carbocycles. The molecule has 1 amide bonds. The van der Waals surface area contributed by atoms with Gasteiger partial charge in [-0.25, -0.2) is 37.5 Å². The number of aromatic nitrogens is 6. The predicted molar refractivity (Wildman–Crippen MR) is 213 cm³/mol. The number of nitrogens with zero attached hydrogens (tertiary/aromatic N) is 6. The van der Waals surface area contributed by atoms with Crippen LogP contribution in [0.5, 0.6) is 0 Å². The maximum absolute atomic E-state index is 14.6. The Morgan fingerprint density at radius 1 is 1.08 bits per heavy atom. The zero-order valence-corrected chi connectivity index (χ0v) is 36.0. The van der Waals surface area contributed by atoms with Gasteiger partial charge in [-0.15, -0.1) is 6.58 Å². The first-order valence-electron chi connectivity index (χ1n) is 19.1.